The number of amides is 2. The molecule has 23 heavy (non-hydrogen) atoms. The minimum Gasteiger partial charge on any atom is -0.481 e. The molecule has 0 aromatic carbocycles. The molecule has 0 fully saturated rings. The van der Waals surface area contributed by atoms with Crippen molar-refractivity contribution < 1.29 is 14.3 Å². The van der Waals surface area contributed by atoms with Crippen molar-refractivity contribution in [2.24, 2.45) is 0 Å². The molecule has 0 aliphatic heterocycles. The Morgan fingerprint density at radius 1 is 1.35 bits per heavy atom. The molecule has 0 saturated heterocycles. The zero-order chi connectivity index (χ0) is 16.7. The summed E-state index contributed by atoms with van der Waals surface area (Å²) in [6.07, 6.45) is 1.82. The quantitative estimate of drug-likeness (QED) is 0.812. The summed E-state index contributed by atoms with van der Waals surface area (Å²) in [5.74, 6) is 0.178. The summed E-state index contributed by atoms with van der Waals surface area (Å²) in [6.45, 7) is 1.77. The zero-order valence-corrected chi connectivity index (χ0v) is 13.9. The normalized spacial score (nSPS) is 11.6. The lowest BCUT2D eigenvalue weighted by atomic mass is 10.1. The van der Waals surface area contributed by atoms with E-state index < -0.39 is 0 Å². The summed E-state index contributed by atoms with van der Waals surface area (Å²) in [6, 6.07) is 7.12. The molecule has 7 heteroatoms. The minimum absolute atomic E-state index is 0.150. The number of ether oxygens (including phenoxy) is 1. The van der Waals surface area contributed by atoms with E-state index in [1.165, 1.54) is 25.4 Å². The topological polar surface area (TPSA) is 80.3 Å². The Balaban J connectivity index is 1.95. The van der Waals surface area contributed by atoms with Gasteiger partial charge in [0.2, 0.25) is 17.7 Å². The third-order valence-corrected chi connectivity index (χ3v) is 4.16. The highest BCUT2D eigenvalue weighted by molar-refractivity contribution is 7.10. The molecule has 0 saturated carbocycles. The second-order valence-electron chi connectivity index (χ2n) is 4.92. The van der Waals surface area contributed by atoms with Crippen LogP contribution in [0.3, 0.4) is 0 Å². The maximum atomic E-state index is 12.2. The van der Waals surface area contributed by atoms with Crippen molar-refractivity contribution in [1.82, 2.24) is 15.6 Å². The lowest BCUT2D eigenvalue weighted by Gasteiger charge is -2.16. The Labute approximate surface area is 138 Å². The minimum atomic E-state index is -0.316. The number of methoxy groups -OCH3 is 1. The zero-order valence-electron chi connectivity index (χ0n) is 13.0. The molecule has 1 unspecified atom stereocenters. The van der Waals surface area contributed by atoms with Gasteiger partial charge in [0.1, 0.15) is 0 Å². The molecule has 2 amide bonds. The van der Waals surface area contributed by atoms with E-state index in [1.807, 2.05) is 23.6 Å². The predicted molar refractivity (Wildman–Crippen MR) is 88.1 cm³/mol. The van der Waals surface area contributed by atoms with Crippen LogP contribution in [-0.2, 0) is 16.1 Å². The van der Waals surface area contributed by atoms with Gasteiger partial charge in [0, 0.05) is 30.1 Å². The van der Waals surface area contributed by atoms with E-state index >= 15 is 0 Å². The molecular formula is C16H19N3O3S. The predicted octanol–water partition coefficient (Wildman–Crippen LogP) is 2.04. The summed E-state index contributed by atoms with van der Waals surface area (Å²) in [7, 11) is 1.54. The highest BCUT2D eigenvalue weighted by Crippen LogP contribution is 2.22. The van der Waals surface area contributed by atoms with E-state index in [0.717, 1.165) is 10.4 Å². The molecule has 1 atom stereocenters. The summed E-state index contributed by atoms with van der Waals surface area (Å²) in [5.41, 5.74) is 0.801. The first-order valence-corrected chi connectivity index (χ1v) is 8.03. The number of thiophene rings is 1. The molecule has 2 aromatic heterocycles. The SMILES string of the molecule is COc1ncccc1CNC(=O)CC(NC(C)=O)c1cccs1. The maximum absolute atomic E-state index is 12.2. The second-order valence-corrected chi connectivity index (χ2v) is 5.90. The van der Waals surface area contributed by atoms with Gasteiger partial charge in [-0.1, -0.05) is 12.1 Å². The van der Waals surface area contributed by atoms with Crippen LogP contribution in [0.2, 0.25) is 0 Å². The monoisotopic (exact) mass is 333 g/mol. The summed E-state index contributed by atoms with van der Waals surface area (Å²) in [4.78, 5) is 28.6. The molecule has 0 aliphatic carbocycles. The Bertz CT molecular complexity index is 658. The fourth-order valence-corrected chi connectivity index (χ4v) is 2.93. The fourth-order valence-electron chi connectivity index (χ4n) is 2.15. The van der Waals surface area contributed by atoms with Gasteiger partial charge in [-0.15, -0.1) is 11.3 Å². The van der Waals surface area contributed by atoms with E-state index in [-0.39, 0.29) is 24.3 Å². The molecule has 2 aromatic rings. The van der Waals surface area contributed by atoms with E-state index in [4.69, 9.17) is 4.74 Å². The van der Waals surface area contributed by atoms with Crippen LogP contribution in [0.5, 0.6) is 5.88 Å². The number of rotatable bonds is 7. The van der Waals surface area contributed by atoms with Crippen LogP contribution < -0.4 is 15.4 Å². The van der Waals surface area contributed by atoms with Crippen LogP contribution in [0.15, 0.2) is 35.8 Å². The van der Waals surface area contributed by atoms with Crippen LogP contribution >= 0.6 is 11.3 Å². The molecule has 2 heterocycles. The van der Waals surface area contributed by atoms with Gasteiger partial charge in [-0.2, -0.15) is 0 Å². The van der Waals surface area contributed by atoms with Crippen molar-refractivity contribution in [2.75, 3.05) is 7.11 Å². The third kappa shape index (κ3) is 5.07. The largest absolute Gasteiger partial charge is 0.481 e. The fraction of sp³-hybridized carbons (Fsp3) is 0.312. The Kier molecular flexibility index (Phi) is 6.10. The molecule has 0 aliphatic rings. The third-order valence-electron chi connectivity index (χ3n) is 3.17. The van der Waals surface area contributed by atoms with Crippen molar-refractivity contribution in [3.05, 3.63) is 46.3 Å². The van der Waals surface area contributed by atoms with Gasteiger partial charge >= 0.3 is 0 Å². The van der Waals surface area contributed by atoms with E-state index in [1.54, 1.807) is 12.3 Å². The second kappa shape index (κ2) is 8.28. The van der Waals surface area contributed by atoms with Gasteiger partial charge in [-0.3, -0.25) is 9.59 Å². The molecule has 0 spiro atoms. The molecule has 0 radical (unpaired) electrons. The van der Waals surface area contributed by atoms with Crippen LogP contribution in [0.25, 0.3) is 0 Å². The Hall–Kier alpha value is -2.41. The van der Waals surface area contributed by atoms with Crippen molar-refractivity contribution >= 4 is 23.2 Å². The average Bonchev–Trinajstić information content (AvgIpc) is 3.06. The average molecular weight is 333 g/mol. The summed E-state index contributed by atoms with van der Waals surface area (Å²) in [5, 5.41) is 7.56. The number of nitrogens with one attached hydrogen (secondary N) is 2. The van der Waals surface area contributed by atoms with Gasteiger partial charge < -0.3 is 15.4 Å². The van der Waals surface area contributed by atoms with Gasteiger partial charge in [0.25, 0.3) is 0 Å². The molecule has 6 nitrogen and oxygen atoms in total. The van der Waals surface area contributed by atoms with E-state index in [0.29, 0.717) is 12.4 Å². The van der Waals surface area contributed by atoms with Crippen molar-refractivity contribution in [3.8, 4) is 5.88 Å². The number of pyridine rings is 1. The lowest BCUT2D eigenvalue weighted by Crippen LogP contribution is -2.32. The van der Waals surface area contributed by atoms with Crippen molar-refractivity contribution in [3.63, 3.8) is 0 Å². The van der Waals surface area contributed by atoms with E-state index in [9.17, 15) is 9.59 Å². The summed E-state index contributed by atoms with van der Waals surface area (Å²) >= 11 is 1.51. The van der Waals surface area contributed by atoms with Crippen molar-refractivity contribution in [2.45, 2.75) is 25.9 Å². The van der Waals surface area contributed by atoms with Gasteiger partial charge in [0.05, 0.1) is 19.6 Å². The molecular weight excluding hydrogens is 314 g/mol. The smallest absolute Gasteiger partial charge is 0.222 e. The molecule has 2 rings (SSSR count). The first-order chi connectivity index (χ1) is 11.1. The number of carbonyl (C=O) groups is 2. The number of aromatic nitrogens is 1. The summed E-state index contributed by atoms with van der Waals surface area (Å²) < 4.78 is 5.15. The van der Waals surface area contributed by atoms with Crippen LogP contribution in [0.1, 0.15) is 29.8 Å². The number of hydrogen-bond acceptors (Lipinski definition) is 5. The number of nitrogens with zero attached hydrogens (tertiary/aromatic N) is 1. The molecule has 122 valence electrons. The number of hydrogen-bond donors (Lipinski definition) is 2. The Morgan fingerprint density at radius 3 is 2.83 bits per heavy atom. The number of carbonyl (C=O) groups excluding carboxylic acids is 2. The van der Waals surface area contributed by atoms with Crippen LogP contribution in [0, 0.1) is 0 Å². The van der Waals surface area contributed by atoms with Gasteiger partial charge in [-0.25, -0.2) is 4.98 Å². The van der Waals surface area contributed by atoms with E-state index in [2.05, 4.69) is 15.6 Å². The maximum Gasteiger partial charge on any atom is 0.222 e. The highest BCUT2D eigenvalue weighted by Gasteiger charge is 2.18. The van der Waals surface area contributed by atoms with Gasteiger partial charge in [0.15, 0.2) is 0 Å². The first kappa shape index (κ1) is 17.0. The molecule has 0 bridgehead atoms. The van der Waals surface area contributed by atoms with Crippen molar-refractivity contribution in [1.29, 1.82) is 0 Å². The highest BCUT2D eigenvalue weighted by atomic mass is 32.1. The Morgan fingerprint density at radius 2 is 2.17 bits per heavy atom. The van der Waals surface area contributed by atoms with Crippen LogP contribution in [-0.4, -0.2) is 23.9 Å². The molecule has 2 N–H and O–H groups in total. The van der Waals surface area contributed by atoms with Crippen LogP contribution in [0.4, 0.5) is 0 Å². The van der Waals surface area contributed by atoms with Gasteiger partial charge in [-0.05, 0) is 17.5 Å². The standard InChI is InChI=1S/C16H19N3O3S/c1-11(20)19-13(14-6-4-8-23-14)9-15(21)18-10-12-5-3-7-17-16(12)22-2/h3-8,13H,9-10H2,1-2H3,(H,18,21)(H,19,20). The first-order valence-electron chi connectivity index (χ1n) is 7.15. The lowest BCUT2D eigenvalue weighted by molar-refractivity contribution is -0.122.